The molecule has 0 spiro atoms. The van der Waals surface area contributed by atoms with Crippen LogP contribution >= 0.6 is 0 Å². The molecule has 0 saturated carbocycles. The summed E-state index contributed by atoms with van der Waals surface area (Å²) in [6, 6.07) is 15.8. The minimum absolute atomic E-state index is 0.0438. The molecule has 4 heteroatoms. The summed E-state index contributed by atoms with van der Waals surface area (Å²) in [6.45, 7) is 1.52. The van der Waals surface area contributed by atoms with Gasteiger partial charge in [0.2, 0.25) is 0 Å². The van der Waals surface area contributed by atoms with E-state index in [1.54, 1.807) is 12.4 Å². The van der Waals surface area contributed by atoms with Gasteiger partial charge in [0.25, 0.3) is 5.91 Å². The molecule has 0 bridgehead atoms. The van der Waals surface area contributed by atoms with E-state index in [0.29, 0.717) is 6.54 Å². The molecule has 0 fully saturated rings. The van der Waals surface area contributed by atoms with Gasteiger partial charge in [0, 0.05) is 43.5 Å². The summed E-state index contributed by atoms with van der Waals surface area (Å²) in [5, 5.41) is 1.93. The molecule has 1 aromatic heterocycles. The number of likely N-dealkylation sites (N-methyl/N-ethyl adjacent to an activating group) is 1. The second kappa shape index (κ2) is 5.39. The largest absolute Gasteiger partial charge is 0.371 e. The molecule has 0 atom stereocenters. The van der Waals surface area contributed by atoms with Crippen LogP contribution in [0.15, 0.2) is 60.9 Å². The first-order valence-corrected chi connectivity index (χ1v) is 7.70. The van der Waals surface area contributed by atoms with Crippen LogP contribution in [0.3, 0.4) is 0 Å². The van der Waals surface area contributed by atoms with Crippen molar-refractivity contribution in [3.63, 3.8) is 0 Å². The van der Waals surface area contributed by atoms with E-state index in [9.17, 15) is 4.79 Å². The van der Waals surface area contributed by atoms with Crippen LogP contribution in [0.2, 0.25) is 0 Å². The molecule has 3 aromatic rings. The first-order valence-electron chi connectivity index (χ1n) is 7.70. The van der Waals surface area contributed by atoms with Crippen molar-refractivity contribution in [2.45, 2.75) is 0 Å². The van der Waals surface area contributed by atoms with Crippen LogP contribution in [0, 0.1) is 0 Å². The fourth-order valence-corrected chi connectivity index (χ4v) is 3.17. The van der Waals surface area contributed by atoms with Gasteiger partial charge in [-0.05, 0) is 29.7 Å². The third kappa shape index (κ3) is 2.23. The quantitative estimate of drug-likeness (QED) is 0.692. The molecule has 4 rings (SSSR count). The molecule has 1 aliphatic rings. The molecule has 2 aromatic carbocycles. The Bertz CT molecular complexity index is 885. The Morgan fingerprint density at radius 2 is 1.83 bits per heavy atom. The molecule has 0 saturated heterocycles. The predicted octanol–water partition coefficient (Wildman–Crippen LogP) is 3.33. The third-order valence-corrected chi connectivity index (χ3v) is 4.40. The number of hydrogen-bond donors (Lipinski definition) is 0. The molecule has 114 valence electrons. The van der Waals surface area contributed by atoms with Crippen molar-refractivity contribution in [3.05, 3.63) is 66.5 Å². The van der Waals surface area contributed by atoms with E-state index in [-0.39, 0.29) is 5.91 Å². The van der Waals surface area contributed by atoms with Gasteiger partial charge in [-0.1, -0.05) is 24.3 Å². The smallest absolute Gasteiger partial charge is 0.259 e. The normalized spacial score (nSPS) is 14.0. The van der Waals surface area contributed by atoms with Crippen molar-refractivity contribution in [2.24, 2.45) is 0 Å². The Morgan fingerprint density at radius 1 is 1.00 bits per heavy atom. The molecule has 4 nitrogen and oxygen atoms in total. The van der Waals surface area contributed by atoms with Crippen molar-refractivity contribution in [2.75, 3.05) is 29.9 Å². The number of anilines is 2. The highest BCUT2D eigenvalue weighted by molar-refractivity contribution is 6.15. The van der Waals surface area contributed by atoms with Crippen LogP contribution in [0.25, 0.3) is 10.8 Å². The van der Waals surface area contributed by atoms with E-state index in [1.165, 1.54) is 0 Å². The average Bonchev–Trinajstić information content (AvgIpc) is 2.61. The zero-order valence-corrected chi connectivity index (χ0v) is 12.9. The second-order valence-electron chi connectivity index (χ2n) is 5.77. The van der Waals surface area contributed by atoms with Gasteiger partial charge in [0.05, 0.1) is 11.4 Å². The second-order valence-corrected chi connectivity index (χ2v) is 5.77. The Kier molecular flexibility index (Phi) is 3.23. The summed E-state index contributed by atoms with van der Waals surface area (Å²) in [5.74, 6) is 0.0438. The number of carbonyl (C=O) groups is 1. The number of carbonyl (C=O) groups excluding carboxylic acids is 1. The zero-order valence-electron chi connectivity index (χ0n) is 12.9. The maximum atomic E-state index is 13.2. The summed E-state index contributed by atoms with van der Waals surface area (Å²) in [5.41, 5.74) is 2.79. The fourth-order valence-electron chi connectivity index (χ4n) is 3.17. The summed E-state index contributed by atoms with van der Waals surface area (Å²) in [6.07, 6.45) is 3.53. The van der Waals surface area contributed by atoms with E-state index < -0.39 is 0 Å². The summed E-state index contributed by atoms with van der Waals surface area (Å²) >= 11 is 0. The maximum Gasteiger partial charge on any atom is 0.259 e. The lowest BCUT2D eigenvalue weighted by Crippen LogP contribution is -2.42. The van der Waals surface area contributed by atoms with E-state index in [4.69, 9.17) is 0 Å². The minimum Gasteiger partial charge on any atom is -0.371 e. The Labute approximate surface area is 135 Å². The summed E-state index contributed by atoms with van der Waals surface area (Å²) < 4.78 is 0. The van der Waals surface area contributed by atoms with Gasteiger partial charge in [-0.25, -0.2) is 0 Å². The van der Waals surface area contributed by atoms with Crippen LogP contribution in [-0.4, -0.2) is 31.0 Å². The van der Waals surface area contributed by atoms with Crippen molar-refractivity contribution >= 4 is 28.1 Å². The monoisotopic (exact) mass is 303 g/mol. The minimum atomic E-state index is 0.0438. The fraction of sp³-hybridized carbons (Fsp3) is 0.158. The average molecular weight is 303 g/mol. The van der Waals surface area contributed by atoms with Crippen LogP contribution in [0.4, 0.5) is 11.4 Å². The number of nitrogens with zero attached hydrogens (tertiary/aromatic N) is 3. The van der Waals surface area contributed by atoms with Gasteiger partial charge in [-0.15, -0.1) is 0 Å². The molecule has 0 aliphatic carbocycles. The lowest BCUT2D eigenvalue weighted by Gasteiger charge is -2.35. The van der Waals surface area contributed by atoms with E-state index in [1.807, 2.05) is 47.4 Å². The molecule has 0 N–H and O–H groups in total. The predicted molar refractivity (Wildman–Crippen MR) is 93.1 cm³/mol. The highest BCUT2D eigenvalue weighted by Gasteiger charge is 2.26. The molecule has 2 heterocycles. The van der Waals surface area contributed by atoms with Gasteiger partial charge in [0.15, 0.2) is 0 Å². The number of benzene rings is 2. The Balaban J connectivity index is 1.82. The van der Waals surface area contributed by atoms with E-state index in [2.05, 4.69) is 23.0 Å². The maximum absolute atomic E-state index is 13.2. The number of hydrogen-bond acceptors (Lipinski definition) is 3. The highest BCUT2D eigenvalue weighted by Crippen LogP contribution is 2.33. The number of amides is 1. The lowest BCUT2D eigenvalue weighted by molar-refractivity contribution is 0.0988. The van der Waals surface area contributed by atoms with E-state index >= 15 is 0 Å². The van der Waals surface area contributed by atoms with Crippen molar-refractivity contribution < 1.29 is 4.79 Å². The first kappa shape index (κ1) is 13.8. The summed E-state index contributed by atoms with van der Waals surface area (Å²) in [4.78, 5) is 21.4. The Hall–Kier alpha value is -2.88. The number of aromatic nitrogens is 1. The molecular weight excluding hydrogens is 286 g/mol. The van der Waals surface area contributed by atoms with E-state index in [0.717, 1.165) is 34.3 Å². The van der Waals surface area contributed by atoms with Crippen molar-refractivity contribution in [1.82, 2.24) is 4.98 Å². The van der Waals surface area contributed by atoms with Crippen LogP contribution < -0.4 is 9.80 Å². The van der Waals surface area contributed by atoms with Gasteiger partial charge in [0.1, 0.15) is 0 Å². The van der Waals surface area contributed by atoms with Crippen LogP contribution in [0.5, 0.6) is 0 Å². The molecule has 0 radical (unpaired) electrons. The topological polar surface area (TPSA) is 36.4 Å². The molecule has 23 heavy (non-hydrogen) atoms. The van der Waals surface area contributed by atoms with Crippen LogP contribution in [-0.2, 0) is 0 Å². The third-order valence-electron chi connectivity index (χ3n) is 4.40. The number of para-hydroxylation sites is 2. The highest BCUT2D eigenvalue weighted by atomic mass is 16.2. The SMILES string of the molecule is CN1CCN(C(=O)c2cccc3cnccc23)c2ccccc21. The Morgan fingerprint density at radius 3 is 2.70 bits per heavy atom. The number of rotatable bonds is 1. The molecular formula is C19H17N3O. The van der Waals surface area contributed by atoms with Gasteiger partial charge in [-0.3, -0.25) is 9.78 Å². The first-order chi connectivity index (χ1) is 11.3. The van der Waals surface area contributed by atoms with Gasteiger partial charge < -0.3 is 9.80 Å². The number of fused-ring (bicyclic) bond motifs is 2. The standard InChI is InChI=1S/C19H17N3O/c1-21-11-12-22(18-8-3-2-7-17(18)21)19(23)16-6-4-5-14-13-20-10-9-15(14)16/h2-10,13H,11-12H2,1H3. The molecule has 1 amide bonds. The summed E-state index contributed by atoms with van der Waals surface area (Å²) in [7, 11) is 2.06. The van der Waals surface area contributed by atoms with Gasteiger partial charge in [-0.2, -0.15) is 0 Å². The van der Waals surface area contributed by atoms with Crippen molar-refractivity contribution in [1.29, 1.82) is 0 Å². The lowest BCUT2D eigenvalue weighted by atomic mass is 10.0. The zero-order chi connectivity index (χ0) is 15.8. The van der Waals surface area contributed by atoms with Crippen molar-refractivity contribution in [3.8, 4) is 0 Å². The van der Waals surface area contributed by atoms with Crippen LogP contribution in [0.1, 0.15) is 10.4 Å². The molecule has 0 unspecified atom stereocenters. The van der Waals surface area contributed by atoms with Gasteiger partial charge >= 0.3 is 0 Å². The molecule has 1 aliphatic heterocycles. The number of pyridine rings is 1.